The maximum absolute atomic E-state index is 11.3. The van der Waals surface area contributed by atoms with Crippen LogP contribution in [-0.2, 0) is 4.74 Å². The fourth-order valence-corrected chi connectivity index (χ4v) is 1.39. The molecule has 1 aromatic carbocycles. The zero-order valence-electron chi connectivity index (χ0n) is 11.1. The molecule has 18 heavy (non-hydrogen) atoms. The van der Waals surface area contributed by atoms with E-state index in [-0.39, 0.29) is 0 Å². The first-order valence-electron chi connectivity index (χ1n) is 6.10. The molecule has 0 aliphatic carbocycles. The number of carbonyl (C=O) groups excluding carboxylic acids is 1. The molecular formula is C13H21N3O2. The molecule has 0 unspecified atom stereocenters. The molecule has 0 atom stereocenters. The molecule has 0 bridgehead atoms. The number of ether oxygens (including phenoxy) is 1. The number of amides is 1. The van der Waals surface area contributed by atoms with E-state index in [9.17, 15) is 4.79 Å². The predicted octanol–water partition coefficient (Wildman–Crippen LogP) is 2.91. The van der Waals surface area contributed by atoms with Gasteiger partial charge in [-0.3, -0.25) is 5.32 Å². The fourth-order valence-electron chi connectivity index (χ4n) is 1.39. The summed E-state index contributed by atoms with van der Waals surface area (Å²) in [5, 5.41) is 5.88. The Morgan fingerprint density at radius 2 is 2.17 bits per heavy atom. The van der Waals surface area contributed by atoms with Crippen molar-refractivity contribution in [1.82, 2.24) is 0 Å². The molecule has 1 amide bonds. The van der Waals surface area contributed by atoms with Crippen molar-refractivity contribution in [3.05, 3.63) is 18.2 Å². The van der Waals surface area contributed by atoms with Crippen LogP contribution in [0.5, 0.6) is 0 Å². The van der Waals surface area contributed by atoms with Crippen LogP contribution in [0.3, 0.4) is 0 Å². The van der Waals surface area contributed by atoms with E-state index in [4.69, 9.17) is 10.5 Å². The minimum absolute atomic E-state index is 0.346. The average molecular weight is 251 g/mol. The van der Waals surface area contributed by atoms with Crippen LogP contribution < -0.4 is 16.4 Å². The maximum atomic E-state index is 11.3. The number of benzene rings is 1. The normalized spacial score (nSPS) is 10.2. The summed E-state index contributed by atoms with van der Waals surface area (Å²) >= 11 is 0. The number of nitrogens with two attached hydrogens (primary N) is 1. The van der Waals surface area contributed by atoms with Crippen molar-refractivity contribution < 1.29 is 9.53 Å². The molecule has 5 heteroatoms. The first-order chi connectivity index (χ1) is 8.52. The average Bonchev–Trinajstić information content (AvgIpc) is 2.30. The van der Waals surface area contributed by atoms with Gasteiger partial charge in [0, 0.05) is 12.2 Å². The second-order valence-electron chi connectivity index (χ2n) is 4.42. The Bertz CT molecular complexity index is 405. The third-order valence-corrected chi connectivity index (χ3v) is 2.28. The molecule has 5 nitrogen and oxygen atoms in total. The molecule has 0 aliphatic rings. The van der Waals surface area contributed by atoms with Crippen molar-refractivity contribution >= 4 is 23.2 Å². The lowest BCUT2D eigenvalue weighted by Gasteiger charge is -2.13. The molecule has 0 fully saturated rings. The summed E-state index contributed by atoms with van der Waals surface area (Å²) in [6, 6.07) is 5.30. The van der Waals surface area contributed by atoms with E-state index in [0.29, 0.717) is 23.9 Å². The highest BCUT2D eigenvalue weighted by Crippen LogP contribution is 2.23. The molecule has 1 aromatic rings. The first-order valence-corrected chi connectivity index (χ1v) is 6.10. The Morgan fingerprint density at radius 3 is 2.78 bits per heavy atom. The van der Waals surface area contributed by atoms with Crippen LogP contribution in [0.15, 0.2) is 18.2 Å². The Kier molecular flexibility index (Phi) is 5.30. The summed E-state index contributed by atoms with van der Waals surface area (Å²) in [5.74, 6) is 0.520. The van der Waals surface area contributed by atoms with Crippen molar-refractivity contribution in [3.8, 4) is 0 Å². The summed E-state index contributed by atoms with van der Waals surface area (Å²) in [7, 11) is 0. The highest BCUT2D eigenvalue weighted by molar-refractivity contribution is 5.86. The highest BCUT2D eigenvalue weighted by Gasteiger charge is 2.05. The maximum Gasteiger partial charge on any atom is 0.411 e. The van der Waals surface area contributed by atoms with Gasteiger partial charge in [-0.2, -0.15) is 0 Å². The molecule has 0 spiro atoms. The van der Waals surface area contributed by atoms with Gasteiger partial charge >= 0.3 is 6.09 Å². The van der Waals surface area contributed by atoms with Gasteiger partial charge in [-0.25, -0.2) is 4.79 Å². The van der Waals surface area contributed by atoms with Gasteiger partial charge < -0.3 is 15.8 Å². The number of hydrogen-bond acceptors (Lipinski definition) is 4. The second-order valence-corrected chi connectivity index (χ2v) is 4.42. The van der Waals surface area contributed by atoms with Gasteiger partial charge in [0.1, 0.15) is 0 Å². The van der Waals surface area contributed by atoms with Crippen molar-refractivity contribution in [2.45, 2.75) is 20.8 Å². The lowest BCUT2D eigenvalue weighted by Crippen LogP contribution is -2.14. The summed E-state index contributed by atoms with van der Waals surface area (Å²) in [6.45, 7) is 7.16. The standard InChI is InChI=1S/C13H21N3O2/c1-4-18-13(17)16-10-5-6-11(14)12(7-10)15-8-9(2)3/h5-7,9,15H,4,8,14H2,1-3H3,(H,16,17). The molecule has 100 valence electrons. The van der Waals surface area contributed by atoms with E-state index in [1.807, 2.05) is 0 Å². The van der Waals surface area contributed by atoms with Crippen LogP contribution in [0, 0.1) is 5.92 Å². The minimum atomic E-state index is -0.461. The number of rotatable bonds is 5. The quantitative estimate of drug-likeness (QED) is 0.703. The molecule has 0 saturated heterocycles. The molecular weight excluding hydrogens is 230 g/mol. The summed E-state index contributed by atoms with van der Waals surface area (Å²) < 4.78 is 4.81. The Balaban J connectivity index is 2.70. The van der Waals surface area contributed by atoms with Gasteiger partial charge in [-0.1, -0.05) is 13.8 Å². The highest BCUT2D eigenvalue weighted by atomic mass is 16.5. The Labute approximate surface area is 108 Å². The number of hydrogen-bond donors (Lipinski definition) is 3. The smallest absolute Gasteiger partial charge is 0.411 e. The molecule has 0 aromatic heterocycles. The lowest BCUT2D eigenvalue weighted by atomic mass is 10.2. The third-order valence-electron chi connectivity index (χ3n) is 2.28. The molecule has 0 saturated carbocycles. The van der Waals surface area contributed by atoms with Crippen LogP contribution in [0.25, 0.3) is 0 Å². The zero-order chi connectivity index (χ0) is 13.5. The number of carbonyl (C=O) groups is 1. The van der Waals surface area contributed by atoms with E-state index in [0.717, 1.165) is 12.2 Å². The number of nitrogen functional groups attached to an aromatic ring is 1. The molecule has 4 N–H and O–H groups in total. The van der Waals surface area contributed by atoms with E-state index in [1.54, 1.807) is 25.1 Å². The van der Waals surface area contributed by atoms with Crippen LogP contribution >= 0.6 is 0 Å². The molecule has 0 heterocycles. The van der Waals surface area contributed by atoms with E-state index in [2.05, 4.69) is 24.5 Å². The Morgan fingerprint density at radius 1 is 1.44 bits per heavy atom. The van der Waals surface area contributed by atoms with Crippen LogP contribution in [0.4, 0.5) is 21.9 Å². The van der Waals surface area contributed by atoms with E-state index >= 15 is 0 Å². The van der Waals surface area contributed by atoms with Crippen molar-refractivity contribution in [2.75, 3.05) is 29.5 Å². The molecule has 0 radical (unpaired) electrons. The number of anilines is 3. The summed E-state index contributed by atoms with van der Waals surface area (Å²) in [6.07, 6.45) is -0.461. The molecule has 1 rings (SSSR count). The van der Waals surface area contributed by atoms with Gasteiger partial charge in [0.25, 0.3) is 0 Å². The second kappa shape index (κ2) is 6.74. The van der Waals surface area contributed by atoms with Crippen LogP contribution in [0.2, 0.25) is 0 Å². The van der Waals surface area contributed by atoms with Gasteiger partial charge in [-0.05, 0) is 31.0 Å². The third kappa shape index (κ3) is 4.53. The van der Waals surface area contributed by atoms with Gasteiger partial charge in [-0.15, -0.1) is 0 Å². The topological polar surface area (TPSA) is 76.4 Å². The van der Waals surface area contributed by atoms with E-state index in [1.165, 1.54) is 0 Å². The first kappa shape index (κ1) is 14.2. The SMILES string of the molecule is CCOC(=O)Nc1ccc(N)c(NCC(C)C)c1. The number of nitrogens with one attached hydrogen (secondary N) is 2. The van der Waals surface area contributed by atoms with Gasteiger partial charge in [0.15, 0.2) is 0 Å². The van der Waals surface area contributed by atoms with Crippen LogP contribution in [0.1, 0.15) is 20.8 Å². The van der Waals surface area contributed by atoms with Crippen molar-refractivity contribution in [2.24, 2.45) is 5.92 Å². The van der Waals surface area contributed by atoms with Crippen LogP contribution in [-0.4, -0.2) is 19.2 Å². The monoisotopic (exact) mass is 251 g/mol. The summed E-state index contributed by atoms with van der Waals surface area (Å²) in [4.78, 5) is 11.3. The van der Waals surface area contributed by atoms with Gasteiger partial charge in [0.05, 0.1) is 18.0 Å². The predicted molar refractivity (Wildman–Crippen MR) is 74.8 cm³/mol. The zero-order valence-corrected chi connectivity index (χ0v) is 11.1. The van der Waals surface area contributed by atoms with E-state index < -0.39 is 6.09 Å². The lowest BCUT2D eigenvalue weighted by molar-refractivity contribution is 0.168. The minimum Gasteiger partial charge on any atom is -0.450 e. The largest absolute Gasteiger partial charge is 0.450 e. The van der Waals surface area contributed by atoms with Crippen molar-refractivity contribution in [3.63, 3.8) is 0 Å². The molecule has 0 aliphatic heterocycles. The van der Waals surface area contributed by atoms with Gasteiger partial charge in [0.2, 0.25) is 0 Å². The Hall–Kier alpha value is -1.91. The summed E-state index contributed by atoms with van der Waals surface area (Å²) in [5.41, 5.74) is 7.99. The van der Waals surface area contributed by atoms with Crippen molar-refractivity contribution in [1.29, 1.82) is 0 Å². The fraction of sp³-hybridized carbons (Fsp3) is 0.462.